The number of para-hydroxylation sites is 1. The Kier molecular flexibility index (Phi) is 5.17. The summed E-state index contributed by atoms with van der Waals surface area (Å²) >= 11 is 0. The maximum atomic E-state index is 6.32. The molecule has 1 heterocycles. The molecule has 0 unspecified atom stereocenters. The molecule has 0 bridgehead atoms. The first-order valence-electron chi connectivity index (χ1n) is 13.6. The van der Waals surface area contributed by atoms with Crippen molar-refractivity contribution in [1.29, 1.82) is 0 Å². The normalized spacial score (nSPS) is 11.5. The summed E-state index contributed by atoms with van der Waals surface area (Å²) in [7, 11) is 0. The molecule has 0 fully saturated rings. The Hall–Kier alpha value is -5.34. The van der Waals surface area contributed by atoms with E-state index in [0.717, 1.165) is 39.0 Å². The van der Waals surface area contributed by atoms with Crippen LogP contribution in [-0.4, -0.2) is 0 Å². The lowest BCUT2D eigenvalue weighted by molar-refractivity contribution is 0.669. The van der Waals surface area contributed by atoms with Crippen LogP contribution in [0.15, 0.2) is 156 Å². The average molecular weight is 512 g/mol. The van der Waals surface area contributed by atoms with E-state index in [1.165, 1.54) is 32.7 Å². The predicted molar refractivity (Wildman–Crippen MR) is 169 cm³/mol. The second-order valence-corrected chi connectivity index (χ2v) is 10.2. The molecule has 2 heteroatoms. The largest absolute Gasteiger partial charge is 0.456 e. The second kappa shape index (κ2) is 9.14. The Morgan fingerprint density at radius 3 is 1.93 bits per heavy atom. The van der Waals surface area contributed by atoms with Crippen molar-refractivity contribution in [2.24, 2.45) is 0 Å². The fourth-order valence-electron chi connectivity index (χ4n) is 5.94. The van der Waals surface area contributed by atoms with Gasteiger partial charge in [-0.2, -0.15) is 0 Å². The molecule has 0 atom stereocenters. The summed E-state index contributed by atoms with van der Waals surface area (Å²) in [6.45, 7) is 0. The Bertz CT molecular complexity index is 2160. The van der Waals surface area contributed by atoms with E-state index in [2.05, 4.69) is 144 Å². The molecule has 0 aliphatic rings. The molecule has 0 radical (unpaired) electrons. The zero-order chi connectivity index (χ0) is 26.5. The summed E-state index contributed by atoms with van der Waals surface area (Å²) in [4.78, 5) is 2.36. The highest BCUT2D eigenvalue weighted by Crippen LogP contribution is 2.43. The molecule has 0 amide bonds. The average Bonchev–Trinajstić information content (AvgIpc) is 3.40. The third-order valence-corrected chi connectivity index (χ3v) is 7.84. The van der Waals surface area contributed by atoms with E-state index in [1.54, 1.807) is 0 Å². The van der Waals surface area contributed by atoms with Crippen molar-refractivity contribution < 1.29 is 4.42 Å². The minimum absolute atomic E-state index is 0.884. The summed E-state index contributed by atoms with van der Waals surface area (Å²) in [5, 5.41) is 7.19. The summed E-state index contributed by atoms with van der Waals surface area (Å²) in [6.07, 6.45) is 0. The van der Waals surface area contributed by atoms with Crippen LogP contribution in [0.2, 0.25) is 0 Å². The van der Waals surface area contributed by atoms with E-state index >= 15 is 0 Å². The number of hydrogen-bond acceptors (Lipinski definition) is 2. The molecule has 8 aromatic rings. The van der Waals surface area contributed by atoms with Gasteiger partial charge in [0.05, 0.1) is 5.69 Å². The molecule has 0 spiro atoms. The van der Waals surface area contributed by atoms with E-state index in [1.807, 2.05) is 12.1 Å². The van der Waals surface area contributed by atoms with Gasteiger partial charge in [-0.15, -0.1) is 0 Å². The van der Waals surface area contributed by atoms with Crippen LogP contribution < -0.4 is 4.90 Å². The molecule has 0 saturated heterocycles. The van der Waals surface area contributed by atoms with Gasteiger partial charge in [0.1, 0.15) is 11.2 Å². The van der Waals surface area contributed by atoms with Gasteiger partial charge in [-0.3, -0.25) is 0 Å². The molecule has 0 aliphatic carbocycles. The van der Waals surface area contributed by atoms with Gasteiger partial charge >= 0.3 is 0 Å². The topological polar surface area (TPSA) is 16.4 Å². The number of hydrogen-bond donors (Lipinski definition) is 0. The first-order valence-corrected chi connectivity index (χ1v) is 13.6. The van der Waals surface area contributed by atoms with Gasteiger partial charge in [-0.1, -0.05) is 109 Å². The molecule has 2 nitrogen and oxygen atoms in total. The van der Waals surface area contributed by atoms with Crippen molar-refractivity contribution in [2.45, 2.75) is 0 Å². The molecule has 0 N–H and O–H groups in total. The van der Waals surface area contributed by atoms with Gasteiger partial charge in [0, 0.05) is 33.6 Å². The zero-order valence-corrected chi connectivity index (χ0v) is 21.8. The molecule has 1 aromatic heterocycles. The lowest BCUT2D eigenvalue weighted by Crippen LogP contribution is -2.10. The van der Waals surface area contributed by atoms with Crippen LogP contribution in [0, 0.1) is 0 Å². The van der Waals surface area contributed by atoms with Gasteiger partial charge in [0.15, 0.2) is 0 Å². The van der Waals surface area contributed by atoms with Crippen LogP contribution >= 0.6 is 0 Å². The quantitative estimate of drug-likeness (QED) is 0.218. The Morgan fingerprint density at radius 1 is 0.400 bits per heavy atom. The van der Waals surface area contributed by atoms with Crippen molar-refractivity contribution >= 4 is 60.5 Å². The van der Waals surface area contributed by atoms with Crippen molar-refractivity contribution in [3.8, 4) is 11.1 Å². The van der Waals surface area contributed by atoms with Crippen molar-refractivity contribution in [2.75, 3.05) is 4.90 Å². The number of benzene rings is 7. The zero-order valence-electron chi connectivity index (χ0n) is 21.8. The Morgan fingerprint density at radius 2 is 1.05 bits per heavy atom. The van der Waals surface area contributed by atoms with E-state index in [4.69, 9.17) is 4.42 Å². The highest BCUT2D eigenvalue weighted by atomic mass is 16.3. The summed E-state index contributed by atoms with van der Waals surface area (Å²) in [5.74, 6) is 0. The SMILES string of the molecule is c1ccc(-c2ccc(N(c3ccc4c(c3)oc3ccccc34)c3cccc4ccc5ccccc5c34)cc2)cc1. The van der Waals surface area contributed by atoms with E-state index in [-0.39, 0.29) is 0 Å². The second-order valence-electron chi connectivity index (χ2n) is 10.2. The van der Waals surface area contributed by atoms with Crippen LogP contribution in [0.1, 0.15) is 0 Å². The predicted octanol–water partition coefficient (Wildman–Crippen LogP) is 11.0. The highest BCUT2D eigenvalue weighted by molar-refractivity contribution is 6.15. The molecule has 40 heavy (non-hydrogen) atoms. The number of rotatable bonds is 4. The van der Waals surface area contributed by atoms with Crippen LogP contribution in [0.3, 0.4) is 0 Å². The fraction of sp³-hybridized carbons (Fsp3) is 0. The first kappa shape index (κ1) is 22.6. The van der Waals surface area contributed by atoms with Crippen LogP contribution in [0.4, 0.5) is 17.1 Å². The minimum atomic E-state index is 0.884. The Balaban J connectivity index is 1.38. The van der Waals surface area contributed by atoms with Gasteiger partial charge in [-0.25, -0.2) is 0 Å². The third kappa shape index (κ3) is 3.65. The van der Waals surface area contributed by atoms with Gasteiger partial charge in [0.25, 0.3) is 0 Å². The fourth-order valence-corrected chi connectivity index (χ4v) is 5.94. The number of fused-ring (bicyclic) bond motifs is 6. The highest BCUT2D eigenvalue weighted by Gasteiger charge is 2.19. The van der Waals surface area contributed by atoms with Crippen LogP contribution in [0.5, 0.6) is 0 Å². The number of anilines is 3. The van der Waals surface area contributed by atoms with Crippen molar-refractivity contribution in [3.63, 3.8) is 0 Å². The lowest BCUT2D eigenvalue weighted by atomic mass is 9.99. The maximum absolute atomic E-state index is 6.32. The maximum Gasteiger partial charge on any atom is 0.137 e. The summed E-state index contributed by atoms with van der Waals surface area (Å²) in [6, 6.07) is 53.8. The molecule has 0 aliphatic heterocycles. The molecule has 0 saturated carbocycles. The van der Waals surface area contributed by atoms with Crippen LogP contribution in [0.25, 0.3) is 54.6 Å². The molecular weight excluding hydrogens is 486 g/mol. The first-order chi connectivity index (χ1) is 19.8. The van der Waals surface area contributed by atoms with Gasteiger partial charge < -0.3 is 9.32 Å². The van der Waals surface area contributed by atoms with Crippen molar-refractivity contribution in [3.05, 3.63) is 152 Å². The van der Waals surface area contributed by atoms with Gasteiger partial charge in [-0.05, 0) is 63.7 Å². The summed E-state index contributed by atoms with van der Waals surface area (Å²) < 4.78 is 6.32. The molecule has 7 aromatic carbocycles. The number of furan rings is 1. The minimum Gasteiger partial charge on any atom is -0.456 e. The molecule has 8 rings (SSSR count). The number of nitrogens with zero attached hydrogens (tertiary/aromatic N) is 1. The summed E-state index contributed by atoms with van der Waals surface area (Å²) in [5.41, 5.74) is 7.48. The lowest BCUT2D eigenvalue weighted by Gasteiger charge is -2.27. The smallest absolute Gasteiger partial charge is 0.137 e. The van der Waals surface area contributed by atoms with E-state index in [9.17, 15) is 0 Å². The van der Waals surface area contributed by atoms with E-state index < -0.39 is 0 Å². The van der Waals surface area contributed by atoms with Crippen LogP contribution in [-0.2, 0) is 0 Å². The van der Waals surface area contributed by atoms with Gasteiger partial charge in [0.2, 0.25) is 0 Å². The van der Waals surface area contributed by atoms with E-state index in [0.29, 0.717) is 0 Å². The molecule has 188 valence electrons. The third-order valence-electron chi connectivity index (χ3n) is 7.84. The monoisotopic (exact) mass is 511 g/mol. The molecular formula is C38H25NO. The Labute approximate surface area is 232 Å². The standard InChI is InChI=1S/C38H25NO/c1-2-9-26(10-3-1)27-19-21-30(22-20-27)39(31-23-24-34-33-14-6-7-16-36(33)40-37(34)25-31)35-15-8-12-29-18-17-28-11-4-5-13-32(28)38(29)35/h1-25H. The van der Waals surface area contributed by atoms with Crippen molar-refractivity contribution in [1.82, 2.24) is 0 Å².